The molecule has 0 spiro atoms. The Morgan fingerprint density at radius 3 is 2.64 bits per heavy atom. The molecule has 132 valence electrons. The highest BCUT2D eigenvalue weighted by Crippen LogP contribution is 2.27. The summed E-state index contributed by atoms with van der Waals surface area (Å²) in [5.74, 6) is 0.779. The van der Waals surface area contributed by atoms with Gasteiger partial charge in [-0.2, -0.15) is 0 Å². The first-order chi connectivity index (χ1) is 12.0. The highest BCUT2D eigenvalue weighted by Gasteiger charge is 2.26. The number of hydrogen-bond donors (Lipinski definition) is 1. The number of hydrogen-bond acceptors (Lipinski definition) is 5. The van der Waals surface area contributed by atoms with E-state index >= 15 is 0 Å². The first-order valence-corrected chi connectivity index (χ1v) is 9.50. The molecule has 2 aromatic heterocycles. The third-order valence-corrected chi connectivity index (χ3v) is 5.70. The molecule has 0 atom stereocenters. The van der Waals surface area contributed by atoms with Crippen molar-refractivity contribution in [3.05, 3.63) is 48.0 Å². The van der Waals surface area contributed by atoms with Gasteiger partial charge in [0, 0.05) is 19.2 Å². The highest BCUT2D eigenvalue weighted by molar-refractivity contribution is 7.92. The largest absolute Gasteiger partial charge is 0.419 e. The van der Waals surface area contributed by atoms with Gasteiger partial charge in [-0.3, -0.25) is 4.31 Å². The van der Waals surface area contributed by atoms with Crippen LogP contribution in [0.4, 0.5) is 5.69 Å². The number of anilines is 1. The van der Waals surface area contributed by atoms with Gasteiger partial charge < -0.3 is 9.40 Å². The summed E-state index contributed by atoms with van der Waals surface area (Å²) >= 11 is 0. The number of H-pyrrole nitrogens is 1. The summed E-state index contributed by atoms with van der Waals surface area (Å²) in [5, 5.41) is 7.83. The minimum absolute atomic E-state index is 0.155. The van der Waals surface area contributed by atoms with Crippen LogP contribution >= 0.6 is 0 Å². The molecular weight excluding hydrogens is 340 g/mol. The second kappa shape index (κ2) is 6.72. The molecule has 0 unspecified atom stereocenters. The van der Waals surface area contributed by atoms with E-state index in [4.69, 9.17) is 4.42 Å². The number of nitrogens with one attached hydrogen (secondary N) is 1. The van der Waals surface area contributed by atoms with E-state index in [1.165, 1.54) is 16.6 Å². The van der Waals surface area contributed by atoms with Gasteiger partial charge in [0.05, 0.1) is 5.69 Å². The van der Waals surface area contributed by atoms with E-state index in [0.29, 0.717) is 30.2 Å². The Bertz CT molecular complexity index is 975. The van der Waals surface area contributed by atoms with Gasteiger partial charge in [-0.25, -0.2) is 8.42 Å². The Hall–Kier alpha value is -2.61. The lowest BCUT2D eigenvalue weighted by molar-refractivity contribution is 0.511. The predicted molar refractivity (Wildman–Crippen MR) is 94.8 cm³/mol. The van der Waals surface area contributed by atoms with E-state index < -0.39 is 10.0 Å². The average molecular weight is 360 g/mol. The molecule has 0 aliphatic carbocycles. The fraction of sp³-hybridized carbons (Fsp3) is 0.294. The summed E-state index contributed by atoms with van der Waals surface area (Å²) in [6.45, 7) is 5.97. The zero-order valence-electron chi connectivity index (χ0n) is 14.4. The van der Waals surface area contributed by atoms with Gasteiger partial charge in [-0.05, 0) is 37.6 Å². The minimum atomic E-state index is -3.69. The van der Waals surface area contributed by atoms with Crippen molar-refractivity contribution in [1.82, 2.24) is 15.2 Å². The Morgan fingerprint density at radius 2 is 2.00 bits per heavy atom. The lowest BCUT2D eigenvalue weighted by Crippen LogP contribution is -2.30. The Kier molecular flexibility index (Phi) is 4.63. The monoisotopic (exact) mass is 360 g/mol. The van der Waals surface area contributed by atoms with Crippen LogP contribution in [-0.4, -0.2) is 30.1 Å². The fourth-order valence-electron chi connectivity index (χ4n) is 2.55. The van der Waals surface area contributed by atoms with Crippen LogP contribution in [0.1, 0.15) is 25.3 Å². The summed E-state index contributed by atoms with van der Waals surface area (Å²) in [6, 6.07) is 8.92. The first kappa shape index (κ1) is 17.2. The molecule has 8 heteroatoms. The number of benzene rings is 1. The number of sulfonamides is 1. The second-order valence-corrected chi connectivity index (χ2v) is 7.47. The van der Waals surface area contributed by atoms with Crippen molar-refractivity contribution in [3.63, 3.8) is 0 Å². The van der Waals surface area contributed by atoms with Gasteiger partial charge in [-0.15, -0.1) is 10.2 Å². The van der Waals surface area contributed by atoms with Gasteiger partial charge >= 0.3 is 0 Å². The van der Waals surface area contributed by atoms with Crippen LogP contribution in [0.15, 0.2) is 45.8 Å². The molecule has 2 heterocycles. The number of nitrogens with zero attached hydrogens (tertiary/aromatic N) is 3. The summed E-state index contributed by atoms with van der Waals surface area (Å²) in [7, 11) is -3.69. The average Bonchev–Trinajstić information content (AvgIpc) is 3.24. The molecule has 25 heavy (non-hydrogen) atoms. The number of rotatable bonds is 6. The maximum Gasteiger partial charge on any atom is 0.265 e. The van der Waals surface area contributed by atoms with Crippen LogP contribution in [0, 0.1) is 6.92 Å². The Balaban J connectivity index is 1.96. The molecular formula is C17H20N4O3S. The molecule has 3 aromatic rings. The molecule has 0 saturated heterocycles. The lowest BCUT2D eigenvalue weighted by atomic mass is 10.2. The molecule has 1 aromatic carbocycles. The molecule has 7 nitrogen and oxygen atoms in total. The summed E-state index contributed by atoms with van der Waals surface area (Å²) in [5.41, 5.74) is 2.11. The van der Waals surface area contributed by atoms with Crippen LogP contribution in [0.2, 0.25) is 0 Å². The predicted octanol–water partition coefficient (Wildman–Crippen LogP) is 3.15. The van der Waals surface area contributed by atoms with E-state index in [2.05, 4.69) is 15.2 Å². The quantitative estimate of drug-likeness (QED) is 0.729. The van der Waals surface area contributed by atoms with Crippen LogP contribution in [0.5, 0.6) is 0 Å². The summed E-state index contributed by atoms with van der Waals surface area (Å²) < 4.78 is 32.9. The van der Waals surface area contributed by atoms with Crippen LogP contribution in [-0.2, 0) is 16.4 Å². The molecule has 0 radical (unpaired) electrons. The second-order valence-electron chi connectivity index (χ2n) is 5.61. The Labute approximate surface area is 146 Å². The summed E-state index contributed by atoms with van der Waals surface area (Å²) in [6.07, 6.45) is 2.06. The molecule has 0 amide bonds. The fourth-order valence-corrected chi connectivity index (χ4v) is 4.01. The molecule has 0 bridgehead atoms. The third kappa shape index (κ3) is 3.30. The van der Waals surface area contributed by atoms with E-state index in [1.54, 1.807) is 13.0 Å². The van der Waals surface area contributed by atoms with E-state index in [-0.39, 0.29) is 10.8 Å². The standard InChI is InChI=1S/C17H20N4O3S/c1-4-16-19-20-17(24-16)15-10-14(11-18-15)25(22,23)21(5-2)13-8-6-7-12(3)9-13/h6-11,18H,4-5H2,1-3H3. The number of aryl methyl sites for hydroxylation is 2. The van der Waals surface area contributed by atoms with Gasteiger partial charge in [0.15, 0.2) is 0 Å². The Morgan fingerprint density at radius 1 is 1.20 bits per heavy atom. The van der Waals surface area contributed by atoms with Crippen molar-refractivity contribution in [2.45, 2.75) is 32.1 Å². The van der Waals surface area contributed by atoms with Crippen molar-refractivity contribution in [1.29, 1.82) is 0 Å². The van der Waals surface area contributed by atoms with Crippen molar-refractivity contribution < 1.29 is 12.8 Å². The van der Waals surface area contributed by atoms with Crippen LogP contribution in [0.3, 0.4) is 0 Å². The smallest absolute Gasteiger partial charge is 0.265 e. The summed E-state index contributed by atoms with van der Waals surface area (Å²) in [4.78, 5) is 3.06. The van der Waals surface area contributed by atoms with Crippen molar-refractivity contribution >= 4 is 15.7 Å². The molecule has 0 aliphatic rings. The minimum Gasteiger partial charge on any atom is -0.419 e. The van der Waals surface area contributed by atoms with E-state index in [1.807, 2.05) is 32.0 Å². The molecule has 1 N–H and O–H groups in total. The van der Waals surface area contributed by atoms with Gasteiger partial charge in [0.1, 0.15) is 10.6 Å². The van der Waals surface area contributed by atoms with E-state index in [9.17, 15) is 8.42 Å². The third-order valence-electron chi connectivity index (χ3n) is 3.82. The zero-order valence-corrected chi connectivity index (χ0v) is 15.2. The van der Waals surface area contributed by atoms with Crippen molar-refractivity contribution in [3.8, 4) is 11.6 Å². The van der Waals surface area contributed by atoms with Gasteiger partial charge in [0.2, 0.25) is 5.89 Å². The molecule has 0 fully saturated rings. The normalized spacial score (nSPS) is 11.6. The van der Waals surface area contributed by atoms with Crippen LogP contribution in [0.25, 0.3) is 11.6 Å². The SMILES string of the molecule is CCc1nnc(-c2cc(S(=O)(=O)N(CC)c3cccc(C)c3)c[nH]2)o1. The first-order valence-electron chi connectivity index (χ1n) is 8.06. The van der Waals surface area contributed by atoms with Crippen molar-refractivity contribution in [2.75, 3.05) is 10.8 Å². The van der Waals surface area contributed by atoms with Gasteiger partial charge in [-0.1, -0.05) is 19.1 Å². The number of aromatic nitrogens is 3. The van der Waals surface area contributed by atoms with Crippen molar-refractivity contribution in [2.24, 2.45) is 0 Å². The topological polar surface area (TPSA) is 92.1 Å². The molecule has 0 aliphatic heterocycles. The maximum absolute atomic E-state index is 13.0. The highest BCUT2D eigenvalue weighted by atomic mass is 32.2. The lowest BCUT2D eigenvalue weighted by Gasteiger charge is -2.22. The zero-order chi connectivity index (χ0) is 18.0. The molecule has 0 saturated carbocycles. The maximum atomic E-state index is 13.0. The molecule has 3 rings (SSSR count). The van der Waals surface area contributed by atoms with E-state index in [0.717, 1.165) is 5.56 Å². The van der Waals surface area contributed by atoms with Crippen LogP contribution < -0.4 is 4.31 Å². The number of aromatic amines is 1. The van der Waals surface area contributed by atoms with Gasteiger partial charge in [0.25, 0.3) is 15.9 Å².